The molecule has 1 aliphatic rings. The Morgan fingerprint density at radius 3 is 2.73 bits per heavy atom. The van der Waals surface area contributed by atoms with Crippen LogP contribution in [0.1, 0.15) is 12.8 Å². The summed E-state index contributed by atoms with van der Waals surface area (Å²) in [6, 6.07) is 10.2. The van der Waals surface area contributed by atoms with E-state index in [4.69, 9.17) is 0 Å². The van der Waals surface area contributed by atoms with Crippen LogP contribution >= 0.6 is 0 Å². The molecule has 4 rings (SSSR count). The van der Waals surface area contributed by atoms with Crippen molar-refractivity contribution in [3.05, 3.63) is 52.7 Å². The van der Waals surface area contributed by atoms with Crippen molar-refractivity contribution in [3.8, 4) is 11.3 Å². The Balaban J connectivity index is 1.89. The summed E-state index contributed by atoms with van der Waals surface area (Å²) in [5.74, 6) is 0.298. The van der Waals surface area contributed by atoms with E-state index < -0.39 is 0 Å². The molecule has 5 heteroatoms. The lowest BCUT2D eigenvalue weighted by atomic mass is 10.1. The lowest BCUT2D eigenvalue weighted by molar-refractivity contribution is 0.609. The molecule has 0 spiro atoms. The summed E-state index contributed by atoms with van der Waals surface area (Å²) in [5.41, 5.74) is 2.36. The lowest BCUT2D eigenvalue weighted by Crippen LogP contribution is -2.22. The minimum atomic E-state index is -0.309. The number of benzene rings is 1. The highest BCUT2D eigenvalue weighted by molar-refractivity contribution is 5.76. The summed E-state index contributed by atoms with van der Waals surface area (Å²) in [5, 5.41) is 0. The summed E-state index contributed by atoms with van der Waals surface area (Å²) in [4.78, 5) is 16.9. The van der Waals surface area contributed by atoms with Gasteiger partial charge >= 0.3 is 5.69 Å². The van der Waals surface area contributed by atoms with Gasteiger partial charge in [0.05, 0.1) is 11.2 Å². The molecule has 1 aliphatic carbocycles. The third-order valence-corrected chi connectivity index (χ3v) is 4.27. The third kappa shape index (κ3) is 2.04. The molecule has 112 valence electrons. The standard InChI is InChI=1S/C17H16FN3O/c1-20-16-15(21(17(20)22)10-11-6-7-11)9-8-14(19-16)12-4-2-3-5-13(12)18/h2-5,8-9,11H,6-7,10H2,1H3. The largest absolute Gasteiger partial charge is 0.330 e. The number of pyridine rings is 1. The minimum Gasteiger partial charge on any atom is -0.290 e. The molecular weight excluding hydrogens is 281 g/mol. The fraction of sp³-hybridized carbons (Fsp3) is 0.294. The number of fused-ring (bicyclic) bond motifs is 1. The highest BCUT2D eigenvalue weighted by atomic mass is 19.1. The average Bonchev–Trinajstić information content (AvgIpc) is 3.32. The quantitative estimate of drug-likeness (QED) is 0.745. The van der Waals surface area contributed by atoms with Gasteiger partial charge in [0, 0.05) is 19.2 Å². The summed E-state index contributed by atoms with van der Waals surface area (Å²) in [6.45, 7) is 0.747. The van der Waals surface area contributed by atoms with Crippen LogP contribution in [0.5, 0.6) is 0 Å². The second-order valence-electron chi connectivity index (χ2n) is 5.91. The van der Waals surface area contributed by atoms with Crippen molar-refractivity contribution in [1.82, 2.24) is 14.1 Å². The predicted octanol–water partition coefficient (Wildman–Crippen LogP) is 2.95. The van der Waals surface area contributed by atoms with Gasteiger partial charge in [0.2, 0.25) is 0 Å². The number of aryl methyl sites for hydroxylation is 1. The van der Waals surface area contributed by atoms with Gasteiger partial charge in [0.15, 0.2) is 5.65 Å². The van der Waals surface area contributed by atoms with E-state index in [0.717, 1.165) is 12.1 Å². The van der Waals surface area contributed by atoms with Gasteiger partial charge < -0.3 is 0 Å². The normalized spacial score (nSPS) is 14.6. The molecule has 3 aromatic rings. The van der Waals surface area contributed by atoms with Crippen molar-refractivity contribution >= 4 is 11.2 Å². The Hall–Kier alpha value is -2.43. The monoisotopic (exact) mass is 297 g/mol. The lowest BCUT2D eigenvalue weighted by Gasteiger charge is -2.04. The van der Waals surface area contributed by atoms with Gasteiger partial charge in [0.1, 0.15) is 5.82 Å². The van der Waals surface area contributed by atoms with Crippen molar-refractivity contribution in [2.75, 3.05) is 0 Å². The summed E-state index contributed by atoms with van der Waals surface area (Å²) >= 11 is 0. The number of imidazole rings is 1. The number of hydrogen-bond acceptors (Lipinski definition) is 2. The Bertz CT molecular complexity index is 921. The molecule has 0 bridgehead atoms. The van der Waals surface area contributed by atoms with E-state index in [9.17, 15) is 9.18 Å². The second kappa shape index (κ2) is 4.80. The molecule has 2 aromatic heterocycles. The van der Waals surface area contributed by atoms with Crippen LogP contribution in [0.25, 0.3) is 22.4 Å². The Morgan fingerprint density at radius 2 is 2.00 bits per heavy atom. The number of rotatable bonds is 3. The van der Waals surface area contributed by atoms with Crippen molar-refractivity contribution in [2.45, 2.75) is 19.4 Å². The maximum Gasteiger partial charge on any atom is 0.330 e. The molecule has 0 saturated heterocycles. The molecule has 0 amide bonds. The van der Waals surface area contributed by atoms with E-state index in [1.807, 2.05) is 6.07 Å². The molecule has 1 fully saturated rings. The third-order valence-electron chi connectivity index (χ3n) is 4.27. The van der Waals surface area contributed by atoms with E-state index in [1.54, 1.807) is 40.4 Å². The van der Waals surface area contributed by atoms with Crippen LogP contribution in [0.15, 0.2) is 41.2 Å². The van der Waals surface area contributed by atoms with E-state index in [2.05, 4.69) is 4.98 Å². The average molecular weight is 297 g/mol. The highest BCUT2D eigenvalue weighted by Crippen LogP contribution is 2.31. The molecule has 0 aliphatic heterocycles. The smallest absolute Gasteiger partial charge is 0.290 e. The number of aromatic nitrogens is 3. The fourth-order valence-corrected chi connectivity index (χ4v) is 2.83. The van der Waals surface area contributed by atoms with Crippen LogP contribution < -0.4 is 5.69 Å². The topological polar surface area (TPSA) is 39.8 Å². The van der Waals surface area contributed by atoms with Crippen LogP contribution in [0.3, 0.4) is 0 Å². The molecule has 1 aromatic carbocycles. The first-order valence-electron chi connectivity index (χ1n) is 7.46. The molecule has 22 heavy (non-hydrogen) atoms. The maximum atomic E-state index is 13.9. The fourth-order valence-electron chi connectivity index (χ4n) is 2.83. The number of nitrogens with zero attached hydrogens (tertiary/aromatic N) is 3. The van der Waals surface area contributed by atoms with Crippen molar-refractivity contribution in [3.63, 3.8) is 0 Å². The molecule has 0 radical (unpaired) electrons. The molecule has 4 nitrogen and oxygen atoms in total. The van der Waals surface area contributed by atoms with Crippen LogP contribution in [0.2, 0.25) is 0 Å². The van der Waals surface area contributed by atoms with E-state index in [0.29, 0.717) is 22.8 Å². The van der Waals surface area contributed by atoms with Crippen molar-refractivity contribution < 1.29 is 4.39 Å². The zero-order chi connectivity index (χ0) is 15.3. The van der Waals surface area contributed by atoms with Gasteiger partial charge in [-0.05, 0) is 43.0 Å². The van der Waals surface area contributed by atoms with Crippen LogP contribution in [-0.4, -0.2) is 14.1 Å². The summed E-state index contributed by atoms with van der Waals surface area (Å²) in [6.07, 6.45) is 2.37. The molecule has 0 N–H and O–H groups in total. The zero-order valence-corrected chi connectivity index (χ0v) is 12.3. The van der Waals surface area contributed by atoms with Gasteiger partial charge in [-0.2, -0.15) is 0 Å². The van der Waals surface area contributed by atoms with Gasteiger partial charge in [-0.15, -0.1) is 0 Å². The Labute approximate surface area is 126 Å². The zero-order valence-electron chi connectivity index (χ0n) is 12.3. The van der Waals surface area contributed by atoms with E-state index in [-0.39, 0.29) is 11.5 Å². The van der Waals surface area contributed by atoms with Gasteiger partial charge in [-0.25, -0.2) is 14.2 Å². The SMILES string of the molecule is Cn1c(=O)n(CC2CC2)c2ccc(-c3ccccc3F)nc21. The molecule has 0 unspecified atom stereocenters. The molecular formula is C17H16FN3O. The molecule has 0 atom stereocenters. The van der Waals surface area contributed by atoms with Crippen molar-refractivity contribution in [2.24, 2.45) is 13.0 Å². The first-order valence-corrected chi connectivity index (χ1v) is 7.46. The van der Waals surface area contributed by atoms with E-state index in [1.165, 1.54) is 18.9 Å². The Morgan fingerprint density at radius 1 is 1.23 bits per heavy atom. The van der Waals surface area contributed by atoms with Crippen LogP contribution in [0, 0.1) is 11.7 Å². The highest BCUT2D eigenvalue weighted by Gasteiger charge is 2.24. The van der Waals surface area contributed by atoms with Gasteiger partial charge in [-0.3, -0.25) is 9.13 Å². The van der Waals surface area contributed by atoms with Gasteiger partial charge in [-0.1, -0.05) is 12.1 Å². The minimum absolute atomic E-state index is 0.0555. The number of halogens is 1. The van der Waals surface area contributed by atoms with Crippen LogP contribution in [-0.2, 0) is 13.6 Å². The predicted molar refractivity (Wildman–Crippen MR) is 83.1 cm³/mol. The van der Waals surface area contributed by atoms with E-state index >= 15 is 0 Å². The molecule has 2 heterocycles. The molecule has 1 saturated carbocycles. The van der Waals surface area contributed by atoms with Crippen LogP contribution in [0.4, 0.5) is 4.39 Å². The summed E-state index contributed by atoms with van der Waals surface area (Å²) in [7, 11) is 1.71. The number of hydrogen-bond donors (Lipinski definition) is 0. The Kier molecular flexibility index (Phi) is 2.89. The maximum absolute atomic E-state index is 13.9. The summed E-state index contributed by atoms with van der Waals surface area (Å²) < 4.78 is 17.3. The van der Waals surface area contributed by atoms with Crippen molar-refractivity contribution in [1.29, 1.82) is 0 Å². The first kappa shape index (κ1) is 13.2. The first-order chi connectivity index (χ1) is 10.6. The second-order valence-corrected chi connectivity index (χ2v) is 5.91. The van der Waals surface area contributed by atoms with Gasteiger partial charge in [0.25, 0.3) is 0 Å².